The molecule has 1 aromatic rings. The SMILES string of the molecule is N#Cc1ccc(C2CCC2)nc1O. The van der Waals surface area contributed by atoms with Gasteiger partial charge in [-0.1, -0.05) is 6.42 Å². The third-order valence-corrected chi connectivity index (χ3v) is 2.54. The summed E-state index contributed by atoms with van der Waals surface area (Å²) in [7, 11) is 0. The Morgan fingerprint density at radius 3 is 2.69 bits per heavy atom. The van der Waals surface area contributed by atoms with E-state index in [0.29, 0.717) is 5.92 Å². The predicted molar refractivity (Wildman–Crippen MR) is 47.2 cm³/mol. The third-order valence-electron chi connectivity index (χ3n) is 2.54. The summed E-state index contributed by atoms with van der Waals surface area (Å²) in [5.74, 6) is 0.366. The van der Waals surface area contributed by atoms with Gasteiger partial charge < -0.3 is 5.11 Å². The van der Waals surface area contributed by atoms with E-state index in [4.69, 9.17) is 5.26 Å². The van der Waals surface area contributed by atoms with Crippen LogP contribution in [0.3, 0.4) is 0 Å². The maximum Gasteiger partial charge on any atom is 0.229 e. The molecule has 13 heavy (non-hydrogen) atoms. The lowest BCUT2D eigenvalue weighted by molar-refractivity contribution is 0.397. The van der Waals surface area contributed by atoms with Gasteiger partial charge >= 0.3 is 0 Å². The van der Waals surface area contributed by atoms with E-state index in [9.17, 15) is 5.11 Å². The zero-order chi connectivity index (χ0) is 9.26. The topological polar surface area (TPSA) is 56.9 Å². The molecular formula is C10H10N2O. The number of hydrogen-bond donors (Lipinski definition) is 1. The van der Waals surface area contributed by atoms with E-state index in [0.717, 1.165) is 18.5 Å². The number of pyridine rings is 1. The minimum Gasteiger partial charge on any atom is -0.492 e. The van der Waals surface area contributed by atoms with Gasteiger partial charge in [-0.05, 0) is 25.0 Å². The molecule has 0 aromatic carbocycles. The van der Waals surface area contributed by atoms with Crippen LogP contribution in [0.2, 0.25) is 0 Å². The fraction of sp³-hybridized carbons (Fsp3) is 0.400. The van der Waals surface area contributed by atoms with E-state index in [1.807, 2.05) is 12.1 Å². The Morgan fingerprint density at radius 2 is 2.23 bits per heavy atom. The summed E-state index contributed by atoms with van der Waals surface area (Å²) in [5, 5.41) is 17.9. The highest BCUT2D eigenvalue weighted by atomic mass is 16.3. The van der Waals surface area contributed by atoms with Gasteiger partial charge in [-0.25, -0.2) is 4.98 Å². The smallest absolute Gasteiger partial charge is 0.229 e. The number of hydrogen-bond acceptors (Lipinski definition) is 3. The van der Waals surface area contributed by atoms with Crippen LogP contribution in [0.4, 0.5) is 0 Å². The van der Waals surface area contributed by atoms with Crippen LogP contribution in [-0.2, 0) is 0 Å². The first-order valence-electron chi connectivity index (χ1n) is 4.41. The molecule has 0 radical (unpaired) electrons. The van der Waals surface area contributed by atoms with Crippen molar-refractivity contribution < 1.29 is 5.11 Å². The second-order valence-corrected chi connectivity index (χ2v) is 3.35. The monoisotopic (exact) mass is 174 g/mol. The molecule has 1 saturated carbocycles. The summed E-state index contributed by atoms with van der Waals surface area (Å²) in [6.07, 6.45) is 3.55. The van der Waals surface area contributed by atoms with Gasteiger partial charge in [0.05, 0.1) is 0 Å². The average Bonchev–Trinajstić information content (AvgIpc) is 2.01. The summed E-state index contributed by atoms with van der Waals surface area (Å²) in [6, 6.07) is 5.36. The first-order valence-corrected chi connectivity index (χ1v) is 4.41. The Balaban J connectivity index is 2.30. The predicted octanol–water partition coefficient (Wildman–Crippen LogP) is 1.93. The van der Waals surface area contributed by atoms with Crippen molar-refractivity contribution >= 4 is 0 Å². The molecule has 0 atom stereocenters. The molecule has 3 nitrogen and oxygen atoms in total. The molecule has 1 aliphatic rings. The van der Waals surface area contributed by atoms with Crippen LogP contribution in [0.15, 0.2) is 12.1 Å². The van der Waals surface area contributed by atoms with Crippen LogP contribution in [0.25, 0.3) is 0 Å². The molecule has 1 fully saturated rings. The van der Waals surface area contributed by atoms with Crippen LogP contribution in [0.5, 0.6) is 5.88 Å². The summed E-state index contributed by atoms with van der Waals surface area (Å²) < 4.78 is 0. The Bertz CT molecular complexity index is 364. The molecule has 0 unspecified atom stereocenters. The minimum absolute atomic E-state index is 0.132. The number of aromatic hydroxyl groups is 1. The lowest BCUT2D eigenvalue weighted by Crippen LogP contribution is -2.10. The van der Waals surface area contributed by atoms with Crippen molar-refractivity contribution in [1.29, 1.82) is 5.26 Å². The molecule has 1 aliphatic carbocycles. The lowest BCUT2D eigenvalue weighted by Gasteiger charge is -2.24. The fourth-order valence-corrected chi connectivity index (χ4v) is 1.48. The van der Waals surface area contributed by atoms with E-state index in [2.05, 4.69) is 4.98 Å². The van der Waals surface area contributed by atoms with Crippen molar-refractivity contribution in [1.82, 2.24) is 4.98 Å². The van der Waals surface area contributed by atoms with Crippen LogP contribution in [0, 0.1) is 11.3 Å². The normalized spacial score (nSPS) is 16.2. The van der Waals surface area contributed by atoms with Crippen LogP contribution >= 0.6 is 0 Å². The number of nitrogens with zero attached hydrogens (tertiary/aromatic N) is 2. The van der Waals surface area contributed by atoms with Gasteiger partial charge in [-0.3, -0.25) is 0 Å². The second kappa shape index (κ2) is 3.06. The van der Waals surface area contributed by atoms with Crippen molar-refractivity contribution in [3.8, 4) is 11.9 Å². The van der Waals surface area contributed by atoms with Gasteiger partial charge in [0, 0.05) is 11.6 Å². The highest BCUT2D eigenvalue weighted by molar-refractivity contribution is 5.38. The maximum atomic E-state index is 9.33. The Kier molecular flexibility index (Phi) is 1.90. The van der Waals surface area contributed by atoms with Gasteiger partial charge in [0.25, 0.3) is 0 Å². The molecule has 0 bridgehead atoms. The molecule has 1 N–H and O–H groups in total. The quantitative estimate of drug-likeness (QED) is 0.707. The molecule has 3 heteroatoms. The van der Waals surface area contributed by atoms with Gasteiger partial charge in [-0.2, -0.15) is 5.26 Å². The fourth-order valence-electron chi connectivity index (χ4n) is 1.48. The Hall–Kier alpha value is -1.56. The van der Waals surface area contributed by atoms with Crippen LogP contribution < -0.4 is 0 Å². The van der Waals surface area contributed by atoms with Crippen molar-refractivity contribution in [2.24, 2.45) is 0 Å². The first kappa shape index (κ1) is 8.06. The van der Waals surface area contributed by atoms with Gasteiger partial charge in [0.15, 0.2) is 0 Å². The number of nitriles is 1. The molecule has 2 rings (SSSR count). The first-order chi connectivity index (χ1) is 6.31. The summed E-state index contributed by atoms with van der Waals surface area (Å²) >= 11 is 0. The van der Waals surface area contributed by atoms with Crippen molar-refractivity contribution in [2.45, 2.75) is 25.2 Å². The average molecular weight is 174 g/mol. The lowest BCUT2D eigenvalue weighted by atomic mass is 9.82. The summed E-state index contributed by atoms with van der Waals surface area (Å²) in [4.78, 5) is 4.00. The highest BCUT2D eigenvalue weighted by Gasteiger charge is 2.21. The van der Waals surface area contributed by atoms with Gasteiger partial charge in [0.2, 0.25) is 5.88 Å². The Labute approximate surface area is 76.7 Å². The van der Waals surface area contributed by atoms with E-state index in [-0.39, 0.29) is 11.4 Å². The number of rotatable bonds is 1. The summed E-state index contributed by atoms with van der Waals surface area (Å²) in [6.45, 7) is 0. The van der Waals surface area contributed by atoms with Gasteiger partial charge in [0.1, 0.15) is 11.6 Å². The molecule has 0 spiro atoms. The van der Waals surface area contributed by atoms with E-state index in [1.54, 1.807) is 6.07 Å². The molecule has 0 aliphatic heterocycles. The van der Waals surface area contributed by atoms with Crippen LogP contribution in [-0.4, -0.2) is 10.1 Å². The van der Waals surface area contributed by atoms with Crippen molar-refractivity contribution in [2.75, 3.05) is 0 Å². The van der Waals surface area contributed by atoms with Gasteiger partial charge in [-0.15, -0.1) is 0 Å². The van der Waals surface area contributed by atoms with Crippen molar-refractivity contribution in [3.05, 3.63) is 23.4 Å². The van der Waals surface area contributed by atoms with E-state index < -0.39 is 0 Å². The number of aromatic nitrogens is 1. The zero-order valence-corrected chi connectivity index (χ0v) is 7.20. The highest BCUT2D eigenvalue weighted by Crippen LogP contribution is 2.36. The third kappa shape index (κ3) is 1.35. The maximum absolute atomic E-state index is 9.33. The zero-order valence-electron chi connectivity index (χ0n) is 7.20. The molecule has 1 heterocycles. The Morgan fingerprint density at radius 1 is 1.46 bits per heavy atom. The molecule has 1 aromatic heterocycles. The van der Waals surface area contributed by atoms with E-state index in [1.165, 1.54) is 6.42 Å². The largest absolute Gasteiger partial charge is 0.492 e. The van der Waals surface area contributed by atoms with Crippen LogP contribution in [0.1, 0.15) is 36.4 Å². The summed E-state index contributed by atoms with van der Waals surface area (Å²) in [5.41, 5.74) is 1.17. The standard InChI is InChI=1S/C10H10N2O/c11-6-8-4-5-9(12-10(8)13)7-2-1-3-7/h4-5,7H,1-3H2,(H,12,13). The van der Waals surface area contributed by atoms with E-state index >= 15 is 0 Å². The van der Waals surface area contributed by atoms with Crippen molar-refractivity contribution in [3.63, 3.8) is 0 Å². The minimum atomic E-state index is -0.132. The molecule has 0 saturated heterocycles. The molecule has 0 amide bonds. The second-order valence-electron chi connectivity index (χ2n) is 3.35. The molecule has 66 valence electrons. The molecular weight excluding hydrogens is 164 g/mol.